The van der Waals surface area contributed by atoms with E-state index >= 15 is 0 Å². The number of aromatic nitrogens is 3. The molecule has 10 heteroatoms. The van der Waals surface area contributed by atoms with E-state index in [2.05, 4.69) is 9.97 Å². The van der Waals surface area contributed by atoms with E-state index in [0.29, 0.717) is 21.7 Å². The SMILES string of the molecule is O=C(c1ccc(Cl)cc1)c1c(Cl)n(Cc2cccc(O[C@@H](Cl)C(=O)O)c2)c2nccnc12. The highest BCUT2D eigenvalue weighted by Gasteiger charge is 2.25. The van der Waals surface area contributed by atoms with Gasteiger partial charge in [0.2, 0.25) is 0 Å². The van der Waals surface area contributed by atoms with Crippen molar-refractivity contribution in [2.24, 2.45) is 0 Å². The van der Waals surface area contributed by atoms with E-state index in [1.165, 1.54) is 12.4 Å². The van der Waals surface area contributed by atoms with Crippen molar-refractivity contribution >= 4 is 57.7 Å². The first kappa shape index (κ1) is 22.1. The molecule has 4 aromatic rings. The highest BCUT2D eigenvalue weighted by atomic mass is 35.5. The van der Waals surface area contributed by atoms with Crippen LogP contribution in [-0.2, 0) is 11.3 Å². The second kappa shape index (κ2) is 9.16. The molecular formula is C22H14Cl3N3O4. The van der Waals surface area contributed by atoms with Gasteiger partial charge in [-0.3, -0.25) is 9.78 Å². The van der Waals surface area contributed by atoms with E-state index in [1.54, 1.807) is 53.1 Å². The first-order valence-electron chi connectivity index (χ1n) is 9.26. The highest BCUT2D eigenvalue weighted by Crippen LogP contribution is 2.31. The number of benzene rings is 2. The van der Waals surface area contributed by atoms with E-state index in [-0.39, 0.29) is 28.8 Å². The van der Waals surface area contributed by atoms with Gasteiger partial charge in [0.1, 0.15) is 16.4 Å². The van der Waals surface area contributed by atoms with Gasteiger partial charge in [-0.2, -0.15) is 0 Å². The summed E-state index contributed by atoms with van der Waals surface area (Å²) in [5.74, 6) is -1.32. The van der Waals surface area contributed by atoms with E-state index < -0.39 is 11.5 Å². The molecule has 162 valence electrons. The molecule has 1 N–H and O–H groups in total. The topological polar surface area (TPSA) is 94.3 Å². The maximum Gasteiger partial charge on any atom is 0.360 e. The van der Waals surface area contributed by atoms with Crippen molar-refractivity contribution in [3.8, 4) is 5.75 Å². The number of carbonyl (C=O) groups excluding carboxylic acids is 1. The van der Waals surface area contributed by atoms with Crippen molar-refractivity contribution in [2.45, 2.75) is 12.1 Å². The fourth-order valence-electron chi connectivity index (χ4n) is 3.19. The predicted molar refractivity (Wildman–Crippen MR) is 121 cm³/mol. The lowest BCUT2D eigenvalue weighted by Crippen LogP contribution is -2.20. The van der Waals surface area contributed by atoms with Crippen LogP contribution in [-0.4, -0.2) is 37.0 Å². The lowest BCUT2D eigenvalue weighted by Gasteiger charge is -2.11. The second-order valence-electron chi connectivity index (χ2n) is 6.74. The number of rotatable bonds is 7. The molecule has 0 bridgehead atoms. The largest absolute Gasteiger partial charge is 0.478 e. The summed E-state index contributed by atoms with van der Waals surface area (Å²) in [6.07, 6.45) is 3.00. The molecule has 7 nitrogen and oxygen atoms in total. The number of carbonyl (C=O) groups is 2. The quantitative estimate of drug-likeness (QED) is 0.288. The number of fused-ring (bicyclic) bond motifs is 1. The van der Waals surface area contributed by atoms with Crippen molar-refractivity contribution < 1.29 is 19.4 Å². The molecule has 0 aliphatic heterocycles. The summed E-state index contributed by atoms with van der Waals surface area (Å²) in [4.78, 5) is 32.8. The van der Waals surface area contributed by atoms with E-state index in [1.807, 2.05) is 0 Å². The molecule has 0 aliphatic carbocycles. The Morgan fingerprint density at radius 1 is 1.06 bits per heavy atom. The zero-order valence-corrected chi connectivity index (χ0v) is 18.5. The first-order chi connectivity index (χ1) is 15.3. The van der Waals surface area contributed by atoms with Crippen LogP contribution in [0.15, 0.2) is 60.9 Å². The fraction of sp³-hybridized carbons (Fsp3) is 0.0909. The summed E-state index contributed by atoms with van der Waals surface area (Å²) >= 11 is 18.2. The number of aliphatic carboxylic acids is 1. The van der Waals surface area contributed by atoms with Gasteiger partial charge in [-0.15, -0.1) is 0 Å². The lowest BCUT2D eigenvalue weighted by atomic mass is 10.1. The second-order valence-corrected chi connectivity index (χ2v) is 7.93. The Morgan fingerprint density at radius 2 is 1.78 bits per heavy atom. The molecule has 0 saturated heterocycles. The summed E-state index contributed by atoms with van der Waals surface area (Å²) in [6, 6.07) is 13.2. The summed E-state index contributed by atoms with van der Waals surface area (Å²) in [5, 5.41) is 9.63. The van der Waals surface area contributed by atoms with Gasteiger partial charge in [0.05, 0.1) is 12.1 Å². The lowest BCUT2D eigenvalue weighted by molar-refractivity contribution is -0.141. The minimum Gasteiger partial charge on any atom is -0.478 e. The molecule has 0 aliphatic rings. The Balaban J connectivity index is 1.73. The van der Waals surface area contributed by atoms with E-state index in [9.17, 15) is 9.59 Å². The van der Waals surface area contributed by atoms with Crippen LogP contribution >= 0.6 is 34.8 Å². The summed E-state index contributed by atoms with van der Waals surface area (Å²) in [5.41, 5.74) is 0.662. The van der Waals surface area contributed by atoms with Gasteiger partial charge < -0.3 is 14.4 Å². The van der Waals surface area contributed by atoms with E-state index in [0.717, 1.165) is 5.56 Å². The maximum atomic E-state index is 13.2. The molecule has 0 radical (unpaired) electrons. The number of hydrogen-bond donors (Lipinski definition) is 1. The molecule has 32 heavy (non-hydrogen) atoms. The zero-order valence-electron chi connectivity index (χ0n) is 16.2. The van der Waals surface area contributed by atoms with Gasteiger partial charge in [-0.25, -0.2) is 9.78 Å². The zero-order chi connectivity index (χ0) is 22.8. The average Bonchev–Trinajstić information content (AvgIpc) is 3.05. The van der Waals surface area contributed by atoms with Crippen molar-refractivity contribution in [1.29, 1.82) is 0 Å². The number of carboxylic acid groups (broad SMARTS) is 1. The number of ether oxygens (including phenoxy) is 1. The Bertz CT molecular complexity index is 1320. The number of halogens is 3. The first-order valence-corrected chi connectivity index (χ1v) is 10.5. The van der Waals surface area contributed by atoms with Crippen LogP contribution in [0.2, 0.25) is 10.2 Å². The minimum atomic E-state index is -1.52. The number of alkyl halides is 1. The van der Waals surface area contributed by atoms with Crippen LogP contribution in [0, 0.1) is 0 Å². The van der Waals surface area contributed by atoms with Gasteiger partial charge >= 0.3 is 5.97 Å². The molecule has 2 heterocycles. The predicted octanol–water partition coefficient (Wildman–Crippen LogP) is 5.05. The molecule has 4 rings (SSSR count). The van der Waals surface area contributed by atoms with E-state index in [4.69, 9.17) is 44.6 Å². The average molecular weight is 491 g/mol. The number of carboxylic acids is 1. The van der Waals surface area contributed by atoms with Crippen molar-refractivity contribution in [2.75, 3.05) is 0 Å². The Hall–Kier alpha value is -3.13. The summed E-state index contributed by atoms with van der Waals surface area (Å²) in [6.45, 7) is 0.235. The standard InChI is InChI=1S/C22H14Cl3N3O4/c23-14-6-4-13(5-7-14)18(29)16-17-21(27-9-8-26-17)28(19(16)24)11-12-2-1-3-15(10-12)32-20(25)22(30)31/h1-10,20H,11H2,(H,30,31)/t20-/m1/s1. The molecular weight excluding hydrogens is 477 g/mol. The molecule has 0 spiro atoms. The van der Waals surface area contributed by atoms with Gasteiger partial charge in [0.15, 0.2) is 11.4 Å². The molecule has 0 saturated carbocycles. The highest BCUT2D eigenvalue weighted by molar-refractivity contribution is 6.37. The van der Waals surface area contributed by atoms with Crippen LogP contribution in [0.5, 0.6) is 5.75 Å². The smallest absolute Gasteiger partial charge is 0.360 e. The normalized spacial score (nSPS) is 12.0. The summed E-state index contributed by atoms with van der Waals surface area (Å²) in [7, 11) is 0. The van der Waals surface area contributed by atoms with Crippen molar-refractivity contribution in [1.82, 2.24) is 14.5 Å². The van der Waals surface area contributed by atoms with Crippen molar-refractivity contribution in [3.05, 3.63) is 87.8 Å². The molecule has 0 amide bonds. The molecule has 0 fully saturated rings. The molecule has 2 aromatic heterocycles. The van der Waals surface area contributed by atoms with Crippen LogP contribution in [0.25, 0.3) is 11.2 Å². The molecule has 2 aromatic carbocycles. The van der Waals surface area contributed by atoms with Crippen LogP contribution in [0.3, 0.4) is 0 Å². The van der Waals surface area contributed by atoms with Crippen LogP contribution in [0.4, 0.5) is 0 Å². The fourth-order valence-corrected chi connectivity index (χ4v) is 3.73. The number of nitrogens with zero attached hydrogens (tertiary/aromatic N) is 3. The Labute approximate surface area is 197 Å². The van der Waals surface area contributed by atoms with Crippen LogP contribution in [0.1, 0.15) is 21.5 Å². The van der Waals surface area contributed by atoms with Crippen molar-refractivity contribution in [3.63, 3.8) is 0 Å². The monoisotopic (exact) mass is 489 g/mol. The van der Waals surface area contributed by atoms with Gasteiger partial charge in [-0.1, -0.05) is 46.9 Å². The summed E-state index contributed by atoms with van der Waals surface area (Å²) < 4.78 is 6.87. The van der Waals surface area contributed by atoms with Crippen LogP contribution < -0.4 is 4.74 Å². The third-order valence-electron chi connectivity index (χ3n) is 4.62. The molecule has 1 atom stereocenters. The Morgan fingerprint density at radius 3 is 2.50 bits per heavy atom. The third kappa shape index (κ3) is 4.41. The van der Waals surface area contributed by atoms with Gasteiger partial charge in [0.25, 0.3) is 5.56 Å². The van der Waals surface area contributed by atoms with Gasteiger partial charge in [0, 0.05) is 23.0 Å². The maximum absolute atomic E-state index is 13.2. The number of hydrogen-bond acceptors (Lipinski definition) is 5. The third-order valence-corrected chi connectivity index (χ3v) is 5.54. The number of ketones is 1. The van der Waals surface area contributed by atoms with Gasteiger partial charge in [-0.05, 0) is 42.0 Å². The minimum absolute atomic E-state index is 0.179. The molecule has 0 unspecified atom stereocenters. The Kier molecular flexibility index (Phi) is 6.32.